The topological polar surface area (TPSA) is 24.1 Å². The Morgan fingerprint density at radius 3 is 1.67 bits per heavy atom. The molecule has 2 nitrogen and oxygen atoms in total. The van der Waals surface area contributed by atoms with Gasteiger partial charge in [-0.25, -0.2) is 0 Å². The highest BCUT2D eigenvalue weighted by atomic mass is 14.8. The molecular weight excluding hydrogens is 148 g/mol. The fraction of sp³-hybridized carbons (Fsp3) is 0.200. The average Bonchev–Trinajstić information content (AvgIpc) is 2.21. The number of allylic oxidation sites excluding steroid dienone is 4. The molecule has 2 aliphatic heterocycles. The van der Waals surface area contributed by atoms with E-state index in [1.165, 1.54) is 11.1 Å². The monoisotopic (exact) mass is 160 g/mol. The Hall–Kier alpha value is -1.44. The first-order valence-electron chi connectivity index (χ1n) is 4.17. The van der Waals surface area contributed by atoms with Crippen LogP contribution in [-0.2, 0) is 0 Å². The Labute approximate surface area is 72.4 Å². The first-order valence-corrected chi connectivity index (χ1v) is 4.17. The minimum absolute atomic E-state index is 1.04. The zero-order valence-corrected chi connectivity index (χ0v) is 6.88. The molecule has 0 aliphatic carbocycles. The molecule has 0 saturated heterocycles. The van der Waals surface area contributed by atoms with Gasteiger partial charge >= 0.3 is 0 Å². The summed E-state index contributed by atoms with van der Waals surface area (Å²) in [6.45, 7) is 0. The van der Waals surface area contributed by atoms with Gasteiger partial charge < -0.3 is 10.6 Å². The lowest BCUT2D eigenvalue weighted by Crippen LogP contribution is -2.07. The number of hydrogen-bond donors (Lipinski definition) is 2. The minimum atomic E-state index is 1.04. The summed E-state index contributed by atoms with van der Waals surface area (Å²) in [5.74, 6) is 0. The van der Waals surface area contributed by atoms with Crippen LogP contribution >= 0.6 is 0 Å². The molecular formula is C10H12N2. The van der Waals surface area contributed by atoms with Gasteiger partial charge in [-0.2, -0.15) is 0 Å². The van der Waals surface area contributed by atoms with Crippen molar-refractivity contribution in [2.24, 2.45) is 0 Å². The molecule has 0 radical (unpaired) electrons. The summed E-state index contributed by atoms with van der Waals surface area (Å²) >= 11 is 0. The highest BCUT2D eigenvalue weighted by Gasteiger charge is 2.05. The normalized spacial score (nSPS) is 20.7. The fourth-order valence-electron chi connectivity index (χ4n) is 1.37. The number of dihydropyridines is 2. The molecule has 0 saturated carbocycles. The molecule has 62 valence electrons. The Balaban J connectivity index is 2.08. The predicted molar refractivity (Wildman–Crippen MR) is 50.0 cm³/mol. The van der Waals surface area contributed by atoms with Gasteiger partial charge in [-0.05, 0) is 36.4 Å². The van der Waals surface area contributed by atoms with Gasteiger partial charge in [0.05, 0.1) is 0 Å². The van der Waals surface area contributed by atoms with Crippen LogP contribution in [0.4, 0.5) is 0 Å². The third-order valence-electron chi connectivity index (χ3n) is 2.03. The lowest BCUT2D eigenvalue weighted by molar-refractivity contribution is 0.981. The molecule has 2 heterocycles. The maximum Gasteiger partial charge on any atom is 0.00432 e. The summed E-state index contributed by atoms with van der Waals surface area (Å²) in [7, 11) is 0. The van der Waals surface area contributed by atoms with Crippen molar-refractivity contribution in [2.75, 3.05) is 0 Å². The lowest BCUT2D eigenvalue weighted by Gasteiger charge is -2.14. The van der Waals surface area contributed by atoms with Gasteiger partial charge in [-0.1, -0.05) is 12.2 Å². The van der Waals surface area contributed by atoms with Crippen molar-refractivity contribution in [3.05, 3.63) is 48.1 Å². The zero-order chi connectivity index (χ0) is 8.23. The Morgan fingerprint density at radius 1 is 0.833 bits per heavy atom. The summed E-state index contributed by atoms with van der Waals surface area (Å²) in [6.07, 6.45) is 14.4. The van der Waals surface area contributed by atoms with Crippen LogP contribution in [0.5, 0.6) is 0 Å². The summed E-state index contributed by atoms with van der Waals surface area (Å²) in [5.41, 5.74) is 2.74. The van der Waals surface area contributed by atoms with Gasteiger partial charge in [0.1, 0.15) is 0 Å². The molecule has 2 heteroatoms. The summed E-state index contributed by atoms with van der Waals surface area (Å²) in [5, 5.41) is 6.19. The Morgan fingerprint density at radius 2 is 1.33 bits per heavy atom. The fourth-order valence-corrected chi connectivity index (χ4v) is 1.37. The molecule has 0 fully saturated rings. The Kier molecular flexibility index (Phi) is 1.99. The van der Waals surface area contributed by atoms with E-state index < -0.39 is 0 Å². The van der Waals surface area contributed by atoms with Crippen molar-refractivity contribution in [2.45, 2.75) is 12.8 Å². The van der Waals surface area contributed by atoms with Crippen molar-refractivity contribution in [1.29, 1.82) is 0 Å². The van der Waals surface area contributed by atoms with Gasteiger partial charge in [-0.15, -0.1) is 0 Å². The van der Waals surface area contributed by atoms with E-state index in [0.717, 1.165) is 12.8 Å². The van der Waals surface area contributed by atoms with Crippen LogP contribution in [-0.4, -0.2) is 0 Å². The van der Waals surface area contributed by atoms with E-state index >= 15 is 0 Å². The number of nitrogens with one attached hydrogen (secondary N) is 2. The zero-order valence-electron chi connectivity index (χ0n) is 6.88. The van der Waals surface area contributed by atoms with Crippen LogP contribution in [0.15, 0.2) is 48.1 Å². The molecule has 0 atom stereocenters. The van der Waals surface area contributed by atoms with E-state index in [9.17, 15) is 0 Å². The standard InChI is InChI=1S/C10H12N2/c1-3-9(7-11-5-1)10-4-2-6-12-8-10/h1-2,5-8,11-12H,3-4H2. The van der Waals surface area contributed by atoms with Crippen molar-refractivity contribution >= 4 is 0 Å². The quantitative estimate of drug-likeness (QED) is 0.611. The van der Waals surface area contributed by atoms with Gasteiger partial charge in [-0.3, -0.25) is 0 Å². The number of hydrogen-bond acceptors (Lipinski definition) is 2. The number of rotatable bonds is 1. The molecule has 0 aromatic heterocycles. The molecule has 0 unspecified atom stereocenters. The molecule has 12 heavy (non-hydrogen) atoms. The first kappa shape index (κ1) is 7.22. The molecule has 0 amide bonds. The van der Waals surface area contributed by atoms with E-state index in [0.29, 0.717) is 0 Å². The smallest absolute Gasteiger partial charge is 0.00432 e. The van der Waals surface area contributed by atoms with Gasteiger partial charge in [0.15, 0.2) is 0 Å². The van der Waals surface area contributed by atoms with Crippen molar-refractivity contribution in [3.8, 4) is 0 Å². The van der Waals surface area contributed by atoms with E-state index in [1.54, 1.807) is 0 Å². The van der Waals surface area contributed by atoms with E-state index in [2.05, 4.69) is 35.2 Å². The molecule has 0 aromatic rings. The van der Waals surface area contributed by atoms with E-state index in [4.69, 9.17) is 0 Å². The summed E-state index contributed by atoms with van der Waals surface area (Å²) in [6, 6.07) is 0. The molecule has 2 rings (SSSR count). The second-order valence-corrected chi connectivity index (χ2v) is 2.89. The van der Waals surface area contributed by atoms with Gasteiger partial charge in [0, 0.05) is 12.4 Å². The molecule has 0 spiro atoms. The van der Waals surface area contributed by atoms with Crippen LogP contribution in [0.3, 0.4) is 0 Å². The summed E-state index contributed by atoms with van der Waals surface area (Å²) < 4.78 is 0. The maximum atomic E-state index is 3.10. The van der Waals surface area contributed by atoms with Crippen LogP contribution in [0.25, 0.3) is 0 Å². The SMILES string of the molecule is C1=CNC=C(C2=CNC=CC2)C1. The van der Waals surface area contributed by atoms with Crippen LogP contribution < -0.4 is 10.6 Å². The highest BCUT2D eigenvalue weighted by molar-refractivity contribution is 5.36. The third kappa shape index (κ3) is 1.42. The highest BCUT2D eigenvalue weighted by Crippen LogP contribution is 2.20. The van der Waals surface area contributed by atoms with Crippen LogP contribution in [0.1, 0.15) is 12.8 Å². The predicted octanol–water partition coefficient (Wildman–Crippen LogP) is 1.77. The third-order valence-corrected chi connectivity index (χ3v) is 2.03. The van der Waals surface area contributed by atoms with Crippen LogP contribution in [0, 0.1) is 0 Å². The minimum Gasteiger partial charge on any atom is -0.368 e. The molecule has 2 N–H and O–H groups in total. The molecule has 0 aromatic carbocycles. The van der Waals surface area contributed by atoms with Crippen molar-refractivity contribution in [3.63, 3.8) is 0 Å². The molecule has 0 bridgehead atoms. The van der Waals surface area contributed by atoms with Crippen LogP contribution in [0.2, 0.25) is 0 Å². The summed E-state index contributed by atoms with van der Waals surface area (Å²) in [4.78, 5) is 0. The second kappa shape index (κ2) is 3.30. The first-order chi connectivity index (χ1) is 5.97. The van der Waals surface area contributed by atoms with E-state index in [1.807, 2.05) is 12.4 Å². The van der Waals surface area contributed by atoms with Gasteiger partial charge in [0.2, 0.25) is 0 Å². The van der Waals surface area contributed by atoms with E-state index in [-0.39, 0.29) is 0 Å². The maximum absolute atomic E-state index is 3.10. The molecule has 2 aliphatic rings. The largest absolute Gasteiger partial charge is 0.368 e. The van der Waals surface area contributed by atoms with Crippen molar-refractivity contribution < 1.29 is 0 Å². The Bertz CT molecular complexity index is 252. The second-order valence-electron chi connectivity index (χ2n) is 2.89. The average molecular weight is 160 g/mol. The lowest BCUT2D eigenvalue weighted by atomic mass is 9.99. The van der Waals surface area contributed by atoms with Gasteiger partial charge in [0.25, 0.3) is 0 Å². The van der Waals surface area contributed by atoms with Crippen molar-refractivity contribution in [1.82, 2.24) is 10.6 Å².